The second kappa shape index (κ2) is 6.97. The molecule has 3 nitrogen and oxygen atoms in total. The third-order valence-electron chi connectivity index (χ3n) is 3.11. The van der Waals surface area contributed by atoms with Crippen LogP contribution < -0.4 is 14.8 Å². The standard InChI is InChI=1S/C15H18ClNO2S/c1-10(14-6-7-15(16)20-14)17-9-11-8-12(18-2)4-5-13(11)19-3/h4-8,10,17H,9H2,1-3H3. The van der Waals surface area contributed by atoms with Crippen molar-refractivity contribution in [3.8, 4) is 11.5 Å². The van der Waals surface area contributed by atoms with Gasteiger partial charge >= 0.3 is 0 Å². The van der Waals surface area contributed by atoms with E-state index < -0.39 is 0 Å². The summed E-state index contributed by atoms with van der Waals surface area (Å²) in [4.78, 5) is 1.22. The van der Waals surface area contributed by atoms with Crippen LogP contribution in [0.4, 0.5) is 0 Å². The number of methoxy groups -OCH3 is 2. The van der Waals surface area contributed by atoms with Crippen LogP contribution in [-0.4, -0.2) is 14.2 Å². The lowest BCUT2D eigenvalue weighted by atomic mass is 10.1. The van der Waals surface area contributed by atoms with Crippen molar-refractivity contribution >= 4 is 22.9 Å². The molecule has 1 aromatic heterocycles. The minimum Gasteiger partial charge on any atom is -0.497 e. The van der Waals surface area contributed by atoms with E-state index in [1.807, 2.05) is 30.3 Å². The number of hydrogen-bond donors (Lipinski definition) is 1. The van der Waals surface area contributed by atoms with Crippen LogP contribution in [0.5, 0.6) is 11.5 Å². The quantitative estimate of drug-likeness (QED) is 0.864. The molecule has 0 aliphatic rings. The highest BCUT2D eigenvalue weighted by Crippen LogP contribution is 2.28. The summed E-state index contributed by atoms with van der Waals surface area (Å²) in [5.74, 6) is 1.68. The van der Waals surface area contributed by atoms with Crippen molar-refractivity contribution in [3.05, 3.63) is 45.1 Å². The van der Waals surface area contributed by atoms with Crippen LogP contribution in [0.15, 0.2) is 30.3 Å². The molecule has 2 rings (SSSR count). The average molecular weight is 312 g/mol. The van der Waals surface area contributed by atoms with Gasteiger partial charge in [0.25, 0.3) is 0 Å². The van der Waals surface area contributed by atoms with Crippen molar-refractivity contribution in [2.75, 3.05) is 14.2 Å². The Morgan fingerprint density at radius 1 is 1.20 bits per heavy atom. The predicted octanol–water partition coefficient (Wildman–Crippen LogP) is 4.27. The van der Waals surface area contributed by atoms with Gasteiger partial charge in [0.15, 0.2) is 0 Å². The van der Waals surface area contributed by atoms with Gasteiger partial charge in [0.2, 0.25) is 0 Å². The van der Waals surface area contributed by atoms with E-state index in [1.54, 1.807) is 25.6 Å². The van der Waals surface area contributed by atoms with Gasteiger partial charge in [-0.2, -0.15) is 0 Å². The molecular formula is C15H18ClNO2S. The van der Waals surface area contributed by atoms with Crippen molar-refractivity contribution < 1.29 is 9.47 Å². The first kappa shape index (κ1) is 15.2. The zero-order valence-corrected chi connectivity index (χ0v) is 13.3. The number of benzene rings is 1. The van der Waals surface area contributed by atoms with Crippen LogP contribution in [0.1, 0.15) is 23.4 Å². The molecule has 0 spiro atoms. The summed E-state index contributed by atoms with van der Waals surface area (Å²) in [6.45, 7) is 2.83. The lowest BCUT2D eigenvalue weighted by molar-refractivity contribution is 0.396. The van der Waals surface area contributed by atoms with Crippen molar-refractivity contribution in [1.29, 1.82) is 0 Å². The Balaban J connectivity index is 2.06. The molecule has 1 heterocycles. The molecule has 1 N–H and O–H groups in total. The van der Waals surface area contributed by atoms with Gasteiger partial charge in [-0.1, -0.05) is 11.6 Å². The summed E-state index contributed by atoms with van der Waals surface area (Å²) in [6.07, 6.45) is 0. The molecule has 20 heavy (non-hydrogen) atoms. The zero-order chi connectivity index (χ0) is 14.5. The average Bonchev–Trinajstić information content (AvgIpc) is 2.91. The highest BCUT2D eigenvalue weighted by Gasteiger charge is 2.10. The maximum atomic E-state index is 5.96. The van der Waals surface area contributed by atoms with Crippen molar-refractivity contribution in [3.63, 3.8) is 0 Å². The number of nitrogens with one attached hydrogen (secondary N) is 1. The highest BCUT2D eigenvalue weighted by atomic mass is 35.5. The van der Waals surface area contributed by atoms with E-state index in [9.17, 15) is 0 Å². The topological polar surface area (TPSA) is 30.5 Å². The minimum absolute atomic E-state index is 0.239. The molecule has 108 valence electrons. The lowest BCUT2D eigenvalue weighted by Gasteiger charge is -2.15. The molecule has 0 radical (unpaired) electrons. The second-order valence-electron chi connectivity index (χ2n) is 4.42. The number of hydrogen-bond acceptors (Lipinski definition) is 4. The van der Waals surface area contributed by atoms with Gasteiger partial charge in [-0.3, -0.25) is 0 Å². The van der Waals surface area contributed by atoms with E-state index >= 15 is 0 Å². The predicted molar refractivity (Wildman–Crippen MR) is 84.1 cm³/mol. The molecule has 0 aliphatic carbocycles. The molecule has 0 amide bonds. The fourth-order valence-electron chi connectivity index (χ4n) is 1.94. The van der Waals surface area contributed by atoms with Gasteiger partial charge in [-0.05, 0) is 37.3 Å². The first-order chi connectivity index (χ1) is 9.63. The van der Waals surface area contributed by atoms with Crippen LogP contribution in [-0.2, 0) is 6.54 Å². The molecule has 1 aromatic carbocycles. The molecule has 2 aromatic rings. The van der Waals surface area contributed by atoms with Crippen LogP contribution in [0.2, 0.25) is 4.34 Å². The fourth-order valence-corrected chi connectivity index (χ4v) is 3.03. The van der Waals surface area contributed by atoms with E-state index in [0.717, 1.165) is 21.4 Å². The Bertz CT molecular complexity index is 571. The van der Waals surface area contributed by atoms with Crippen molar-refractivity contribution in [2.24, 2.45) is 0 Å². The van der Waals surface area contributed by atoms with Crippen LogP contribution in [0.3, 0.4) is 0 Å². The van der Waals surface area contributed by atoms with E-state index in [4.69, 9.17) is 21.1 Å². The molecule has 5 heteroatoms. The number of thiophene rings is 1. The van der Waals surface area contributed by atoms with Crippen LogP contribution >= 0.6 is 22.9 Å². The van der Waals surface area contributed by atoms with Gasteiger partial charge in [0.1, 0.15) is 11.5 Å². The van der Waals surface area contributed by atoms with Gasteiger partial charge in [-0.15, -0.1) is 11.3 Å². The summed E-state index contributed by atoms with van der Waals surface area (Å²) in [5, 5.41) is 3.47. The van der Waals surface area contributed by atoms with Crippen molar-refractivity contribution in [1.82, 2.24) is 5.32 Å². The van der Waals surface area contributed by atoms with E-state index in [2.05, 4.69) is 12.2 Å². The Kier molecular flexibility index (Phi) is 5.29. The second-order valence-corrected chi connectivity index (χ2v) is 6.17. The van der Waals surface area contributed by atoms with E-state index in [1.165, 1.54) is 4.88 Å². The van der Waals surface area contributed by atoms with Crippen LogP contribution in [0, 0.1) is 0 Å². The monoisotopic (exact) mass is 311 g/mol. The highest BCUT2D eigenvalue weighted by molar-refractivity contribution is 7.16. The van der Waals surface area contributed by atoms with Gasteiger partial charge in [0, 0.05) is 23.0 Å². The molecule has 1 unspecified atom stereocenters. The molecule has 0 fully saturated rings. The first-order valence-corrected chi connectivity index (χ1v) is 7.53. The summed E-state index contributed by atoms with van der Waals surface area (Å²) < 4.78 is 11.4. The summed E-state index contributed by atoms with van der Waals surface area (Å²) in [7, 11) is 3.34. The maximum absolute atomic E-state index is 5.96. The van der Waals surface area contributed by atoms with E-state index in [0.29, 0.717) is 6.54 Å². The third-order valence-corrected chi connectivity index (χ3v) is 4.52. The SMILES string of the molecule is COc1ccc(OC)c(CNC(C)c2ccc(Cl)s2)c1. The van der Waals surface area contributed by atoms with Gasteiger partial charge in [0.05, 0.1) is 18.6 Å². The van der Waals surface area contributed by atoms with E-state index in [-0.39, 0.29) is 6.04 Å². The van der Waals surface area contributed by atoms with Crippen molar-refractivity contribution in [2.45, 2.75) is 19.5 Å². The minimum atomic E-state index is 0.239. The Morgan fingerprint density at radius 2 is 2.00 bits per heavy atom. The van der Waals surface area contributed by atoms with Crippen LogP contribution in [0.25, 0.3) is 0 Å². The Morgan fingerprint density at radius 3 is 2.60 bits per heavy atom. The fraction of sp³-hybridized carbons (Fsp3) is 0.333. The molecule has 1 atom stereocenters. The first-order valence-electron chi connectivity index (χ1n) is 6.33. The lowest BCUT2D eigenvalue weighted by Crippen LogP contribution is -2.17. The smallest absolute Gasteiger partial charge is 0.123 e. The number of halogens is 1. The summed E-state index contributed by atoms with van der Waals surface area (Å²) in [6, 6.07) is 10.0. The molecule has 0 aliphatic heterocycles. The Hall–Kier alpha value is -1.23. The maximum Gasteiger partial charge on any atom is 0.123 e. The van der Waals surface area contributed by atoms with Gasteiger partial charge < -0.3 is 14.8 Å². The normalized spacial score (nSPS) is 12.2. The zero-order valence-electron chi connectivity index (χ0n) is 11.8. The number of rotatable bonds is 6. The molecule has 0 bridgehead atoms. The summed E-state index contributed by atoms with van der Waals surface area (Å²) in [5.41, 5.74) is 1.07. The van der Waals surface area contributed by atoms with Gasteiger partial charge in [-0.25, -0.2) is 0 Å². The third kappa shape index (κ3) is 3.66. The summed E-state index contributed by atoms with van der Waals surface area (Å²) >= 11 is 7.56. The molecular weight excluding hydrogens is 294 g/mol. The largest absolute Gasteiger partial charge is 0.497 e. The molecule has 0 saturated carbocycles. The number of ether oxygens (including phenoxy) is 2. The molecule has 0 saturated heterocycles. The Labute approximate surface area is 128 Å².